The molecule has 1 saturated carbocycles. The molecule has 0 aliphatic heterocycles. The summed E-state index contributed by atoms with van der Waals surface area (Å²) < 4.78 is 5.22. The fraction of sp³-hybridized carbons (Fsp3) is 0.700. The lowest BCUT2D eigenvalue weighted by atomic mass is 9.85. The quantitative estimate of drug-likeness (QED) is 0.592. The maximum Gasteiger partial charge on any atom is 0.158 e. The van der Waals surface area contributed by atoms with Crippen molar-refractivity contribution in [1.82, 2.24) is 0 Å². The number of ether oxygens (including phenoxy) is 1. The van der Waals surface area contributed by atoms with Crippen molar-refractivity contribution in [2.45, 2.75) is 31.8 Å². The van der Waals surface area contributed by atoms with E-state index in [1.165, 1.54) is 6.42 Å². The Morgan fingerprint density at radius 2 is 2.42 bits per heavy atom. The molecule has 2 nitrogen and oxygen atoms in total. The van der Waals surface area contributed by atoms with Crippen LogP contribution in [0.3, 0.4) is 0 Å². The van der Waals surface area contributed by atoms with Gasteiger partial charge in [0.2, 0.25) is 0 Å². The third-order valence-corrected chi connectivity index (χ3v) is 2.90. The summed E-state index contributed by atoms with van der Waals surface area (Å²) in [6.45, 7) is 0. The van der Waals surface area contributed by atoms with Gasteiger partial charge in [0.15, 0.2) is 5.78 Å². The molecule has 2 heteroatoms. The van der Waals surface area contributed by atoms with Crippen molar-refractivity contribution >= 4 is 5.78 Å². The smallest absolute Gasteiger partial charge is 0.158 e. The molecule has 0 spiro atoms. The Kier molecular flexibility index (Phi) is 2.01. The lowest BCUT2D eigenvalue weighted by Gasteiger charge is -2.19. The van der Waals surface area contributed by atoms with Gasteiger partial charge in [0.05, 0.1) is 6.10 Å². The largest absolute Gasteiger partial charge is 0.377 e. The Labute approximate surface area is 72.6 Å². The third-order valence-electron chi connectivity index (χ3n) is 2.90. The molecule has 0 aromatic rings. The molecular formula is C10H14O2. The lowest BCUT2D eigenvalue weighted by Crippen LogP contribution is -2.16. The van der Waals surface area contributed by atoms with Crippen LogP contribution >= 0.6 is 0 Å². The first-order valence-electron chi connectivity index (χ1n) is 4.59. The molecule has 2 atom stereocenters. The van der Waals surface area contributed by atoms with Gasteiger partial charge in [0.25, 0.3) is 0 Å². The van der Waals surface area contributed by atoms with Gasteiger partial charge in [-0.25, -0.2) is 0 Å². The minimum absolute atomic E-state index is 0.201. The number of carbonyl (C=O) groups is 1. The van der Waals surface area contributed by atoms with Crippen LogP contribution in [0.1, 0.15) is 25.7 Å². The predicted octanol–water partition coefficient (Wildman–Crippen LogP) is 1.70. The van der Waals surface area contributed by atoms with Crippen LogP contribution in [0.5, 0.6) is 0 Å². The Morgan fingerprint density at radius 3 is 3.08 bits per heavy atom. The SMILES string of the molecule is COC1C=C2C(=O)CCCC2C1. The van der Waals surface area contributed by atoms with Crippen molar-refractivity contribution in [3.05, 3.63) is 11.6 Å². The average Bonchev–Trinajstić information content (AvgIpc) is 2.49. The molecule has 2 aliphatic rings. The first-order chi connectivity index (χ1) is 5.81. The van der Waals surface area contributed by atoms with Gasteiger partial charge in [-0.2, -0.15) is 0 Å². The summed E-state index contributed by atoms with van der Waals surface area (Å²) in [5.41, 5.74) is 1.05. The molecule has 0 saturated heterocycles. The van der Waals surface area contributed by atoms with Crippen molar-refractivity contribution < 1.29 is 9.53 Å². The van der Waals surface area contributed by atoms with E-state index < -0.39 is 0 Å². The van der Waals surface area contributed by atoms with E-state index in [0.717, 1.165) is 24.8 Å². The molecule has 0 aromatic carbocycles. The third kappa shape index (κ3) is 1.20. The van der Waals surface area contributed by atoms with Crippen LogP contribution < -0.4 is 0 Å². The molecule has 0 amide bonds. The normalized spacial score (nSPS) is 34.8. The van der Waals surface area contributed by atoms with E-state index in [9.17, 15) is 4.79 Å². The van der Waals surface area contributed by atoms with Crippen LogP contribution in [0.25, 0.3) is 0 Å². The van der Waals surface area contributed by atoms with Crippen molar-refractivity contribution in [2.75, 3.05) is 7.11 Å². The highest BCUT2D eigenvalue weighted by atomic mass is 16.5. The van der Waals surface area contributed by atoms with E-state index in [0.29, 0.717) is 11.7 Å². The van der Waals surface area contributed by atoms with E-state index in [1.807, 2.05) is 6.08 Å². The number of hydrogen-bond acceptors (Lipinski definition) is 2. The van der Waals surface area contributed by atoms with Gasteiger partial charge in [-0.15, -0.1) is 0 Å². The van der Waals surface area contributed by atoms with Crippen LogP contribution in [0, 0.1) is 5.92 Å². The molecule has 66 valence electrons. The Bertz CT molecular complexity index is 230. The van der Waals surface area contributed by atoms with Gasteiger partial charge >= 0.3 is 0 Å². The topological polar surface area (TPSA) is 26.3 Å². The second-order valence-corrected chi connectivity index (χ2v) is 3.64. The zero-order chi connectivity index (χ0) is 8.55. The van der Waals surface area contributed by atoms with E-state index in [-0.39, 0.29) is 6.10 Å². The van der Waals surface area contributed by atoms with Gasteiger partial charge in [-0.1, -0.05) is 0 Å². The summed E-state index contributed by atoms with van der Waals surface area (Å²) in [6.07, 6.45) is 6.24. The van der Waals surface area contributed by atoms with E-state index in [4.69, 9.17) is 4.74 Å². The number of allylic oxidation sites excluding steroid dienone is 1. The van der Waals surface area contributed by atoms with Crippen molar-refractivity contribution in [2.24, 2.45) is 5.92 Å². The first kappa shape index (κ1) is 7.99. The highest BCUT2D eigenvalue weighted by Crippen LogP contribution is 2.36. The highest BCUT2D eigenvalue weighted by molar-refractivity contribution is 5.97. The Hall–Kier alpha value is -0.630. The van der Waals surface area contributed by atoms with E-state index >= 15 is 0 Å². The molecule has 0 bridgehead atoms. The van der Waals surface area contributed by atoms with E-state index in [1.54, 1.807) is 7.11 Å². The summed E-state index contributed by atoms with van der Waals surface area (Å²) in [5.74, 6) is 0.863. The molecule has 0 aromatic heterocycles. The van der Waals surface area contributed by atoms with Crippen LogP contribution in [0.4, 0.5) is 0 Å². The van der Waals surface area contributed by atoms with Gasteiger partial charge in [-0.05, 0) is 36.8 Å². The Morgan fingerprint density at radius 1 is 1.58 bits per heavy atom. The van der Waals surface area contributed by atoms with Crippen LogP contribution in [0.15, 0.2) is 11.6 Å². The molecule has 0 heterocycles. The zero-order valence-corrected chi connectivity index (χ0v) is 7.38. The zero-order valence-electron chi connectivity index (χ0n) is 7.38. The highest BCUT2D eigenvalue weighted by Gasteiger charge is 2.32. The second kappa shape index (κ2) is 3.02. The van der Waals surface area contributed by atoms with Gasteiger partial charge in [-0.3, -0.25) is 4.79 Å². The molecule has 2 aliphatic carbocycles. The second-order valence-electron chi connectivity index (χ2n) is 3.64. The molecule has 2 rings (SSSR count). The van der Waals surface area contributed by atoms with Crippen LogP contribution in [-0.4, -0.2) is 19.0 Å². The number of carbonyl (C=O) groups excluding carboxylic acids is 1. The molecular weight excluding hydrogens is 152 g/mol. The molecule has 12 heavy (non-hydrogen) atoms. The number of fused-ring (bicyclic) bond motifs is 1. The van der Waals surface area contributed by atoms with Gasteiger partial charge in [0, 0.05) is 13.5 Å². The van der Waals surface area contributed by atoms with Crippen LogP contribution in [-0.2, 0) is 9.53 Å². The molecule has 0 N–H and O–H groups in total. The maximum absolute atomic E-state index is 11.4. The fourth-order valence-corrected chi connectivity index (χ4v) is 2.22. The summed E-state index contributed by atoms with van der Waals surface area (Å²) in [4.78, 5) is 11.4. The van der Waals surface area contributed by atoms with Crippen LogP contribution in [0.2, 0.25) is 0 Å². The Balaban J connectivity index is 2.16. The lowest BCUT2D eigenvalue weighted by molar-refractivity contribution is -0.117. The minimum atomic E-state index is 0.201. The number of ketones is 1. The summed E-state index contributed by atoms with van der Waals surface area (Å²) in [6, 6.07) is 0. The fourth-order valence-electron chi connectivity index (χ4n) is 2.22. The average molecular weight is 166 g/mol. The van der Waals surface area contributed by atoms with Crippen molar-refractivity contribution in [3.8, 4) is 0 Å². The predicted molar refractivity (Wildman–Crippen MR) is 45.8 cm³/mol. The number of methoxy groups -OCH3 is 1. The molecule has 2 unspecified atom stereocenters. The molecule has 1 fully saturated rings. The van der Waals surface area contributed by atoms with Gasteiger partial charge in [0.1, 0.15) is 0 Å². The van der Waals surface area contributed by atoms with Crippen molar-refractivity contribution in [3.63, 3.8) is 0 Å². The summed E-state index contributed by atoms with van der Waals surface area (Å²) in [7, 11) is 1.71. The number of rotatable bonds is 1. The van der Waals surface area contributed by atoms with E-state index in [2.05, 4.69) is 0 Å². The maximum atomic E-state index is 11.4. The summed E-state index contributed by atoms with van der Waals surface area (Å²) >= 11 is 0. The molecule has 0 radical (unpaired) electrons. The number of Topliss-reactive ketones (excluding diaryl/α,β-unsaturated/α-hetero) is 1. The standard InChI is InChI=1S/C10H14O2/c1-12-8-5-7-3-2-4-10(11)9(7)6-8/h6-8H,2-5H2,1H3. The first-order valence-corrected chi connectivity index (χ1v) is 4.59. The van der Waals surface area contributed by atoms with Gasteiger partial charge < -0.3 is 4.74 Å². The minimum Gasteiger partial charge on any atom is -0.377 e. The van der Waals surface area contributed by atoms with Crippen molar-refractivity contribution in [1.29, 1.82) is 0 Å². The number of hydrogen-bond donors (Lipinski definition) is 0. The summed E-state index contributed by atoms with van der Waals surface area (Å²) in [5, 5.41) is 0. The monoisotopic (exact) mass is 166 g/mol.